The van der Waals surface area contributed by atoms with Crippen LogP contribution >= 0.6 is 0 Å². The Labute approximate surface area is 180 Å². The highest BCUT2D eigenvalue weighted by molar-refractivity contribution is 5.93. The first-order valence-electron chi connectivity index (χ1n) is 11.3. The lowest BCUT2D eigenvalue weighted by Gasteiger charge is -2.45. The number of hydrogen-bond donors (Lipinski definition) is 1. The molecule has 1 saturated heterocycles. The van der Waals surface area contributed by atoms with Gasteiger partial charge < -0.3 is 14.7 Å². The number of esters is 1. The van der Waals surface area contributed by atoms with E-state index in [1.54, 1.807) is 24.3 Å². The van der Waals surface area contributed by atoms with Crippen molar-refractivity contribution < 1.29 is 14.6 Å². The topological polar surface area (TPSA) is 49.8 Å². The molecule has 30 heavy (non-hydrogen) atoms. The minimum Gasteiger partial charge on any atom is -0.507 e. The van der Waals surface area contributed by atoms with Crippen LogP contribution in [0.3, 0.4) is 0 Å². The molecule has 0 radical (unpaired) electrons. The molecule has 1 N–H and O–H groups in total. The lowest BCUT2D eigenvalue weighted by Crippen LogP contribution is -2.47. The predicted octanol–water partition coefficient (Wildman–Crippen LogP) is 5.79. The third kappa shape index (κ3) is 5.23. The first-order valence-corrected chi connectivity index (χ1v) is 11.3. The van der Waals surface area contributed by atoms with Crippen molar-refractivity contribution in [3.8, 4) is 11.5 Å². The molecule has 0 saturated carbocycles. The van der Waals surface area contributed by atoms with Crippen LogP contribution in [0.25, 0.3) is 0 Å². The summed E-state index contributed by atoms with van der Waals surface area (Å²) in [5.74, 6) is 0.439. The lowest BCUT2D eigenvalue weighted by molar-refractivity contribution is 0.0730. The van der Waals surface area contributed by atoms with E-state index in [-0.39, 0.29) is 16.7 Å². The molecule has 4 nitrogen and oxygen atoms in total. The summed E-state index contributed by atoms with van der Waals surface area (Å²) in [6, 6.07) is 14.4. The van der Waals surface area contributed by atoms with Crippen molar-refractivity contribution in [2.45, 2.75) is 58.3 Å². The van der Waals surface area contributed by atoms with E-state index >= 15 is 0 Å². The highest BCUT2D eigenvalue weighted by Gasteiger charge is 2.38. The van der Waals surface area contributed by atoms with Crippen LogP contribution in [0.4, 0.5) is 0 Å². The molecule has 1 aliphatic heterocycles. The first kappa shape index (κ1) is 22.4. The van der Waals surface area contributed by atoms with Crippen LogP contribution < -0.4 is 4.74 Å². The van der Waals surface area contributed by atoms with Gasteiger partial charge in [0.05, 0.1) is 0 Å². The van der Waals surface area contributed by atoms with Gasteiger partial charge in [0.15, 0.2) is 0 Å². The molecule has 1 heterocycles. The van der Waals surface area contributed by atoms with Crippen molar-refractivity contribution in [1.29, 1.82) is 0 Å². The zero-order chi connectivity index (χ0) is 21.6. The van der Waals surface area contributed by atoms with Crippen LogP contribution in [0.15, 0.2) is 48.5 Å². The third-order valence-electron chi connectivity index (χ3n) is 6.72. The average molecular weight is 410 g/mol. The lowest BCUT2D eigenvalue weighted by atomic mass is 9.68. The fourth-order valence-corrected chi connectivity index (χ4v) is 4.43. The minimum atomic E-state index is -0.537. The van der Waals surface area contributed by atoms with Crippen LogP contribution in [0.5, 0.6) is 11.5 Å². The zero-order valence-corrected chi connectivity index (χ0v) is 18.6. The first-order chi connectivity index (χ1) is 14.4. The Morgan fingerprint density at radius 3 is 2.70 bits per heavy atom. The van der Waals surface area contributed by atoms with Gasteiger partial charge in [-0.1, -0.05) is 64.3 Å². The number of carbonyl (C=O) groups is 1. The van der Waals surface area contributed by atoms with E-state index in [1.165, 1.54) is 43.9 Å². The molecule has 2 atom stereocenters. The van der Waals surface area contributed by atoms with Gasteiger partial charge in [-0.15, -0.1) is 0 Å². The maximum atomic E-state index is 12.5. The van der Waals surface area contributed by atoms with Gasteiger partial charge in [0.2, 0.25) is 0 Å². The standard InChI is InChI=1S/C26H35NO3/c1-4-5-6-9-16-27-17-15-26(3,20(2)19-27)21-11-10-12-22(18-21)30-25(29)23-13-7-8-14-24(23)28/h7-8,10-14,18,20,28H,4-6,9,15-17,19H2,1-3H3/t20-,26-/m0/s1. The van der Waals surface area contributed by atoms with Gasteiger partial charge in [0.25, 0.3) is 0 Å². The number of phenolic OH excluding ortho intramolecular Hbond substituents is 1. The van der Waals surface area contributed by atoms with Gasteiger partial charge in [-0.3, -0.25) is 0 Å². The van der Waals surface area contributed by atoms with E-state index in [9.17, 15) is 9.90 Å². The predicted molar refractivity (Wildman–Crippen MR) is 121 cm³/mol. The van der Waals surface area contributed by atoms with Crippen LogP contribution in [0.2, 0.25) is 0 Å². The average Bonchev–Trinajstić information content (AvgIpc) is 2.74. The maximum absolute atomic E-state index is 12.5. The molecule has 1 aliphatic rings. The number of para-hydroxylation sites is 1. The number of hydrogen-bond acceptors (Lipinski definition) is 4. The third-order valence-corrected chi connectivity index (χ3v) is 6.72. The summed E-state index contributed by atoms with van der Waals surface area (Å²) in [7, 11) is 0. The Kier molecular flexibility index (Phi) is 7.54. The monoisotopic (exact) mass is 409 g/mol. The molecular weight excluding hydrogens is 374 g/mol. The summed E-state index contributed by atoms with van der Waals surface area (Å²) >= 11 is 0. The molecule has 2 aromatic rings. The van der Waals surface area contributed by atoms with Gasteiger partial charge in [-0.2, -0.15) is 0 Å². The molecular formula is C26H35NO3. The van der Waals surface area contributed by atoms with Gasteiger partial charge in [0, 0.05) is 6.54 Å². The molecule has 0 spiro atoms. The Morgan fingerprint density at radius 1 is 1.17 bits per heavy atom. The summed E-state index contributed by atoms with van der Waals surface area (Å²) < 4.78 is 5.58. The highest BCUT2D eigenvalue weighted by Crippen LogP contribution is 2.40. The molecule has 2 aromatic carbocycles. The fraction of sp³-hybridized carbons (Fsp3) is 0.500. The second-order valence-corrected chi connectivity index (χ2v) is 8.86. The Bertz CT molecular complexity index is 850. The van der Waals surface area contributed by atoms with Gasteiger partial charge in [-0.05, 0) is 67.1 Å². The Hall–Kier alpha value is -2.33. The number of phenols is 1. The Balaban J connectivity index is 1.66. The van der Waals surface area contributed by atoms with Crippen molar-refractivity contribution in [2.75, 3.05) is 19.6 Å². The number of benzene rings is 2. The van der Waals surface area contributed by atoms with Gasteiger partial charge in [-0.25, -0.2) is 4.79 Å². The second-order valence-electron chi connectivity index (χ2n) is 8.86. The van der Waals surface area contributed by atoms with Crippen molar-refractivity contribution in [3.05, 3.63) is 59.7 Å². The second kappa shape index (κ2) is 10.1. The van der Waals surface area contributed by atoms with Crippen LogP contribution in [-0.2, 0) is 5.41 Å². The quantitative estimate of drug-likeness (QED) is 0.340. The Morgan fingerprint density at radius 2 is 1.97 bits per heavy atom. The van der Waals surface area contributed by atoms with E-state index in [0.29, 0.717) is 11.7 Å². The minimum absolute atomic E-state index is 0.0528. The van der Waals surface area contributed by atoms with E-state index in [4.69, 9.17) is 4.74 Å². The number of carbonyl (C=O) groups excluding carboxylic acids is 1. The number of rotatable bonds is 8. The molecule has 0 unspecified atom stereocenters. The molecule has 1 fully saturated rings. The van der Waals surface area contributed by atoms with Crippen LogP contribution in [0, 0.1) is 5.92 Å². The number of aromatic hydroxyl groups is 1. The van der Waals surface area contributed by atoms with E-state index in [0.717, 1.165) is 19.5 Å². The smallest absolute Gasteiger partial charge is 0.347 e. The molecule has 3 rings (SSSR count). The van der Waals surface area contributed by atoms with Gasteiger partial charge >= 0.3 is 5.97 Å². The van der Waals surface area contributed by atoms with Crippen LogP contribution in [0.1, 0.15) is 68.8 Å². The fourth-order valence-electron chi connectivity index (χ4n) is 4.43. The summed E-state index contributed by atoms with van der Waals surface area (Å²) in [5, 5.41) is 9.90. The zero-order valence-electron chi connectivity index (χ0n) is 18.6. The number of piperidine rings is 1. The highest BCUT2D eigenvalue weighted by atomic mass is 16.5. The van der Waals surface area contributed by atoms with Crippen molar-refractivity contribution in [2.24, 2.45) is 5.92 Å². The molecule has 0 amide bonds. The summed E-state index contributed by atoms with van der Waals surface area (Å²) in [5.41, 5.74) is 1.44. The van der Waals surface area contributed by atoms with Crippen LogP contribution in [-0.4, -0.2) is 35.6 Å². The largest absolute Gasteiger partial charge is 0.507 e. The molecule has 0 bridgehead atoms. The molecule has 0 aliphatic carbocycles. The number of likely N-dealkylation sites (tertiary alicyclic amines) is 1. The van der Waals surface area contributed by atoms with Crippen molar-refractivity contribution in [3.63, 3.8) is 0 Å². The summed E-state index contributed by atoms with van der Waals surface area (Å²) in [4.78, 5) is 15.1. The number of ether oxygens (including phenoxy) is 1. The normalized spacial score (nSPS) is 22.0. The molecule has 162 valence electrons. The maximum Gasteiger partial charge on any atom is 0.347 e. The van der Waals surface area contributed by atoms with Gasteiger partial charge in [0.1, 0.15) is 17.1 Å². The van der Waals surface area contributed by atoms with E-state index in [1.807, 2.05) is 12.1 Å². The molecule has 0 aromatic heterocycles. The van der Waals surface area contributed by atoms with E-state index in [2.05, 4.69) is 31.7 Å². The summed E-state index contributed by atoms with van der Waals surface area (Å²) in [6.07, 6.45) is 6.31. The molecule has 4 heteroatoms. The summed E-state index contributed by atoms with van der Waals surface area (Å²) in [6.45, 7) is 10.3. The number of nitrogens with zero attached hydrogens (tertiary/aromatic N) is 1. The van der Waals surface area contributed by atoms with Crippen molar-refractivity contribution in [1.82, 2.24) is 4.90 Å². The van der Waals surface area contributed by atoms with E-state index < -0.39 is 5.97 Å². The number of unbranched alkanes of at least 4 members (excludes halogenated alkanes) is 3. The SMILES string of the molecule is CCCCCCN1CC[C@](C)(c2cccc(OC(=O)c3ccccc3O)c2)[C@@H](C)C1. The van der Waals surface area contributed by atoms with Crippen molar-refractivity contribution >= 4 is 5.97 Å².